The van der Waals surface area contributed by atoms with Crippen LogP contribution in [0.3, 0.4) is 0 Å². The van der Waals surface area contributed by atoms with E-state index in [9.17, 15) is 4.79 Å². The summed E-state index contributed by atoms with van der Waals surface area (Å²) in [7, 11) is 0. The van der Waals surface area contributed by atoms with Crippen LogP contribution in [0.2, 0.25) is 0 Å². The van der Waals surface area contributed by atoms with Crippen molar-refractivity contribution in [2.75, 3.05) is 0 Å². The topological polar surface area (TPSA) is 37.3 Å². The van der Waals surface area contributed by atoms with Crippen molar-refractivity contribution >= 4 is 29.2 Å². The summed E-state index contributed by atoms with van der Waals surface area (Å²) in [4.78, 5) is 11.0. The van der Waals surface area contributed by atoms with Crippen molar-refractivity contribution in [2.45, 2.75) is 5.92 Å². The fraction of sp³-hybridized carbons (Fsp3) is 0.250. The van der Waals surface area contributed by atoms with Crippen LogP contribution in [0.4, 0.5) is 0 Å². The molecule has 0 bridgehead atoms. The molecule has 0 aliphatic heterocycles. The number of carboxylic acid groups (broad SMARTS) is 1. The van der Waals surface area contributed by atoms with Gasteiger partial charge in [0.1, 0.15) is 4.49 Å². The molecule has 1 N–H and O–H groups in total. The number of carbonyl (C=O) groups is 1. The van der Waals surface area contributed by atoms with Crippen molar-refractivity contribution in [1.29, 1.82) is 0 Å². The number of rotatable bonds is 3. The third-order valence-electron chi connectivity index (χ3n) is 2.86. The summed E-state index contributed by atoms with van der Waals surface area (Å²) >= 11 is 11.1. The minimum absolute atomic E-state index is 0.00815. The number of halogens is 2. The molecule has 0 radical (unpaired) electrons. The first-order chi connectivity index (χ1) is 7.61. The zero-order valence-corrected chi connectivity index (χ0v) is 9.82. The van der Waals surface area contributed by atoms with E-state index in [0.29, 0.717) is 0 Å². The minimum Gasteiger partial charge on any atom is -0.481 e. The van der Waals surface area contributed by atoms with Gasteiger partial charge in [0.05, 0.1) is 5.92 Å². The molecule has 84 valence electrons. The summed E-state index contributed by atoms with van der Waals surface area (Å²) in [5.74, 6) is -1.31. The molecule has 0 spiro atoms. The molecule has 0 aromatic heterocycles. The Labute approximate surface area is 103 Å². The van der Waals surface area contributed by atoms with E-state index in [4.69, 9.17) is 28.3 Å². The highest BCUT2D eigenvalue weighted by molar-refractivity contribution is 6.55. The average Bonchev–Trinajstić information content (AvgIpc) is 2.92. The standard InChI is InChI=1S/C12H10Cl2O2/c13-9(14)6-8-10(11(8)12(15)16)7-4-2-1-3-5-7/h1-6,8,10-11H,(H,15,16). The van der Waals surface area contributed by atoms with Crippen molar-refractivity contribution in [1.82, 2.24) is 0 Å². The van der Waals surface area contributed by atoms with Crippen molar-refractivity contribution in [2.24, 2.45) is 11.8 Å². The Balaban J connectivity index is 2.23. The minimum atomic E-state index is -0.801. The van der Waals surface area contributed by atoms with Crippen LogP contribution in [0.5, 0.6) is 0 Å². The summed E-state index contributed by atoms with van der Waals surface area (Å²) in [5, 5.41) is 9.05. The molecular weight excluding hydrogens is 247 g/mol. The van der Waals surface area contributed by atoms with Gasteiger partial charge in [0, 0.05) is 11.8 Å². The molecule has 1 aromatic carbocycles. The number of hydrogen-bond acceptors (Lipinski definition) is 1. The van der Waals surface area contributed by atoms with E-state index in [1.54, 1.807) is 6.08 Å². The molecule has 3 atom stereocenters. The molecule has 1 aromatic rings. The van der Waals surface area contributed by atoms with Gasteiger partial charge in [-0.3, -0.25) is 4.79 Å². The van der Waals surface area contributed by atoms with E-state index >= 15 is 0 Å². The van der Waals surface area contributed by atoms with Crippen LogP contribution in [0.15, 0.2) is 40.9 Å². The monoisotopic (exact) mass is 256 g/mol. The molecule has 0 amide bonds. The second-order valence-electron chi connectivity index (χ2n) is 3.83. The Morgan fingerprint density at radius 1 is 1.25 bits per heavy atom. The zero-order valence-electron chi connectivity index (χ0n) is 8.31. The van der Waals surface area contributed by atoms with E-state index in [1.807, 2.05) is 30.3 Å². The first-order valence-corrected chi connectivity index (χ1v) is 5.67. The summed E-state index contributed by atoms with van der Waals surface area (Å²) < 4.78 is 0.134. The highest BCUT2D eigenvalue weighted by Crippen LogP contribution is 2.55. The average molecular weight is 257 g/mol. The number of hydrogen-bond donors (Lipinski definition) is 1. The molecule has 4 heteroatoms. The number of aliphatic carboxylic acids is 1. The van der Waals surface area contributed by atoms with Gasteiger partial charge >= 0.3 is 5.97 Å². The van der Waals surface area contributed by atoms with E-state index in [0.717, 1.165) is 5.56 Å². The van der Waals surface area contributed by atoms with E-state index in [-0.39, 0.29) is 16.3 Å². The van der Waals surface area contributed by atoms with Gasteiger partial charge in [-0.15, -0.1) is 0 Å². The van der Waals surface area contributed by atoms with Gasteiger partial charge in [-0.1, -0.05) is 53.5 Å². The molecule has 0 saturated heterocycles. The van der Waals surface area contributed by atoms with Gasteiger partial charge in [-0.05, 0) is 11.6 Å². The summed E-state index contributed by atoms with van der Waals surface area (Å²) in [6.07, 6.45) is 1.61. The maximum atomic E-state index is 11.0. The van der Waals surface area contributed by atoms with E-state index in [1.165, 1.54) is 0 Å². The molecule has 1 aliphatic carbocycles. The molecule has 1 aliphatic rings. The highest BCUT2D eigenvalue weighted by atomic mass is 35.5. The van der Waals surface area contributed by atoms with Crippen LogP contribution >= 0.6 is 23.2 Å². The van der Waals surface area contributed by atoms with Crippen molar-refractivity contribution < 1.29 is 9.90 Å². The molecule has 2 rings (SSSR count). The van der Waals surface area contributed by atoms with Crippen molar-refractivity contribution in [3.05, 3.63) is 46.5 Å². The Hall–Kier alpha value is -0.990. The second kappa shape index (κ2) is 4.48. The highest BCUT2D eigenvalue weighted by Gasteiger charge is 2.54. The summed E-state index contributed by atoms with van der Waals surface area (Å²) in [6.45, 7) is 0. The molecular formula is C12H10Cl2O2. The maximum absolute atomic E-state index is 11.0. The molecule has 3 unspecified atom stereocenters. The van der Waals surface area contributed by atoms with Gasteiger partial charge in [-0.25, -0.2) is 0 Å². The molecule has 16 heavy (non-hydrogen) atoms. The van der Waals surface area contributed by atoms with Crippen LogP contribution in [0.25, 0.3) is 0 Å². The van der Waals surface area contributed by atoms with Gasteiger partial charge in [0.2, 0.25) is 0 Å². The Morgan fingerprint density at radius 2 is 1.88 bits per heavy atom. The SMILES string of the molecule is O=C(O)C1C(C=C(Cl)Cl)C1c1ccccc1. The second-order valence-corrected chi connectivity index (χ2v) is 4.84. The first-order valence-electron chi connectivity index (χ1n) is 4.92. The van der Waals surface area contributed by atoms with Gasteiger partial charge in [-0.2, -0.15) is 0 Å². The van der Waals surface area contributed by atoms with Crippen LogP contribution < -0.4 is 0 Å². The fourth-order valence-electron chi connectivity index (χ4n) is 2.11. The zero-order chi connectivity index (χ0) is 11.7. The van der Waals surface area contributed by atoms with E-state index in [2.05, 4.69) is 0 Å². The van der Waals surface area contributed by atoms with Gasteiger partial charge < -0.3 is 5.11 Å². The van der Waals surface area contributed by atoms with Crippen LogP contribution in [0, 0.1) is 11.8 Å². The van der Waals surface area contributed by atoms with Crippen LogP contribution in [-0.4, -0.2) is 11.1 Å². The van der Waals surface area contributed by atoms with Crippen LogP contribution in [-0.2, 0) is 4.79 Å². The fourth-order valence-corrected chi connectivity index (χ4v) is 2.40. The predicted molar refractivity (Wildman–Crippen MR) is 63.6 cm³/mol. The van der Waals surface area contributed by atoms with Gasteiger partial charge in [0.15, 0.2) is 0 Å². The third-order valence-corrected chi connectivity index (χ3v) is 3.12. The van der Waals surface area contributed by atoms with E-state index < -0.39 is 11.9 Å². The van der Waals surface area contributed by atoms with Crippen molar-refractivity contribution in [3.63, 3.8) is 0 Å². The lowest BCUT2D eigenvalue weighted by molar-refractivity contribution is -0.138. The number of carboxylic acids is 1. The molecule has 2 nitrogen and oxygen atoms in total. The first kappa shape index (κ1) is 11.5. The van der Waals surface area contributed by atoms with Crippen LogP contribution in [0.1, 0.15) is 11.5 Å². The summed E-state index contributed by atoms with van der Waals surface area (Å²) in [6, 6.07) is 9.56. The predicted octanol–water partition coefficient (Wildman–Crippen LogP) is 3.42. The third kappa shape index (κ3) is 2.23. The number of allylic oxidation sites excluding steroid dienone is 1. The molecule has 1 fully saturated rings. The normalized spacial score (nSPS) is 27.2. The lowest BCUT2D eigenvalue weighted by Crippen LogP contribution is -1.99. The van der Waals surface area contributed by atoms with Gasteiger partial charge in [0.25, 0.3) is 0 Å². The maximum Gasteiger partial charge on any atom is 0.307 e. The summed E-state index contributed by atoms with van der Waals surface area (Å²) in [5.41, 5.74) is 1.02. The largest absolute Gasteiger partial charge is 0.481 e. The van der Waals surface area contributed by atoms with Crippen molar-refractivity contribution in [3.8, 4) is 0 Å². The lowest BCUT2D eigenvalue weighted by atomic mass is 10.1. The Morgan fingerprint density at radius 3 is 2.38 bits per heavy atom. The quantitative estimate of drug-likeness (QED) is 0.900. The molecule has 1 saturated carbocycles. The number of benzene rings is 1. The Kier molecular flexibility index (Phi) is 3.22. The smallest absolute Gasteiger partial charge is 0.307 e. The molecule has 0 heterocycles. The lowest BCUT2D eigenvalue weighted by Gasteiger charge is -1.96. The Bertz CT molecular complexity index is 424.